The van der Waals surface area contributed by atoms with E-state index < -0.39 is 0 Å². The van der Waals surface area contributed by atoms with Gasteiger partial charge in [0.15, 0.2) is 0 Å². The van der Waals surface area contributed by atoms with Gasteiger partial charge in [0.25, 0.3) is 11.5 Å². The summed E-state index contributed by atoms with van der Waals surface area (Å²) < 4.78 is 5.33. The van der Waals surface area contributed by atoms with E-state index in [4.69, 9.17) is 9.72 Å². The second kappa shape index (κ2) is 9.03. The Morgan fingerprint density at radius 1 is 1.09 bits per heavy atom. The molecule has 1 amide bonds. The molecule has 2 aromatic heterocycles. The van der Waals surface area contributed by atoms with E-state index in [-0.39, 0.29) is 17.3 Å². The number of H-pyrrole nitrogens is 1. The molecule has 0 atom stereocenters. The molecular formula is C26H23N3O3S. The zero-order chi connectivity index (χ0) is 22.8. The molecule has 0 bridgehead atoms. The van der Waals surface area contributed by atoms with E-state index in [9.17, 15) is 9.59 Å². The largest absolute Gasteiger partial charge is 0.497 e. The minimum absolute atomic E-state index is 0.127. The minimum Gasteiger partial charge on any atom is -0.497 e. The highest BCUT2D eigenvalue weighted by atomic mass is 32.1. The Morgan fingerprint density at radius 2 is 1.88 bits per heavy atom. The fourth-order valence-electron chi connectivity index (χ4n) is 4.02. The number of nitrogens with zero attached hydrogens (tertiary/aromatic N) is 2. The lowest BCUT2D eigenvalue weighted by Gasteiger charge is -2.17. The van der Waals surface area contributed by atoms with E-state index in [0.717, 1.165) is 28.8 Å². The van der Waals surface area contributed by atoms with Crippen LogP contribution in [0.4, 0.5) is 0 Å². The highest BCUT2D eigenvalue weighted by molar-refractivity contribution is 7.21. The van der Waals surface area contributed by atoms with E-state index in [2.05, 4.69) is 4.98 Å². The van der Waals surface area contributed by atoms with E-state index in [0.29, 0.717) is 34.6 Å². The Morgan fingerprint density at radius 3 is 2.64 bits per heavy atom. The van der Waals surface area contributed by atoms with Gasteiger partial charge in [0.05, 0.1) is 18.1 Å². The summed E-state index contributed by atoms with van der Waals surface area (Å²) in [7, 11) is 1.60. The Bertz CT molecular complexity index is 1400. The van der Waals surface area contributed by atoms with Gasteiger partial charge in [-0.25, -0.2) is 4.98 Å². The molecule has 3 heterocycles. The summed E-state index contributed by atoms with van der Waals surface area (Å²) >= 11 is 1.45. The average molecular weight is 458 g/mol. The van der Waals surface area contributed by atoms with Crippen LogP contribution in [0.15, 0.2) is 65.5 Å². The van der Waals surface area contributed by atoms with Gasteiger partial charge in [0, 0.05) is 18.0 Å². The predicted molar refractivity (Wildman–Crippen MR) is 132 cm³/mol. The highest BCUT2D eigenvalue weighted by Gasteiger charge is 2.25. The summed E-state index contributed by atoms with van der Waals surface area (Å²) in [4.78, 5) is 37.4. The number of rotatable bonds is 5. The van der Waals surface area contributed by atoms with Crippen LogP contribution in [-0.2, 0) is 4.79 Å². The molecule has 1 aliphatic rings. The number of carbonyl (C=O) groups is 1. The maximum Gasteiger partial charge on any atom is 0.259 e. The predicted octanol–water partition coefficient (Wildman–Crippen LogP) is 4.82. The summed E-state index contributed by atoms with van der Waals surface area (Å²) in [6.45, 7) is 1.41. The number of methoxy groups -OCH3 is 1. The number of aromatic nitrogens is 2. The van der Waals surface area contributed by atoms with Gasteiger partial charge in [-0.3, -0.25) is 9.59 Å². The molecule has 1 aliphatic heterocycles. The Hall–Kier alpha value is -3.71. The van der Waals surface area contributed by atoms with Crippen molar-refractivity contribution < 1.29 is 9.53 Å². The number of aromatic amines is 1. The van der Waals surface area contributed by atoms with Crippen molar-refractivity contribution in [1.82, 2.24) is 14.9 Å². The number of ether oxygens (including phenoxy) is 1. The topological polar surface area (TPSA) is 75.3 Å². The first-order valence-electron chi connectivity index (χ1n) is 10.9. The Balaban J connectivity index is 1.63. The van der Waals surface area contributed by atoms with Crippen molar-refractivity contribution in [3.8, 4) is 16.2 Å². The number of fused-ring (bicyclic) bond motifs is 1. The van der Waals surface area contributed by atoms with Crippen LogP contribution >= 0.6 is 11.3 Å². The molecule has 0 radical (unpaired) electrons. The van der Waals surface area contributed by atoms with Crippen LogP contribution in [0.1, 0.15) is 24.2 Å². The van der Waals surface area contributed by atoms with Crippen molar-refractivity contribution in [1.29, 1.82) is 0 Å². The third-order valence-corrected chi connectivity index (χ3v) is 6.82. The van der Waals surface area contributed by atoms with E-state index >= 15 is 0 Å². The summed E-state index contributed by atoms with van der Waals surface area (Å²) in [6.07, 6.45) is 3.73. The number of carbonyl (C=O) groups excluding carboxylic acids is 1. The molecule has 166 valence electrons. The van der Waals surface area contributed by atoms with Crippen molar-refractivity contribution in [3.05, 3.63) is 82.4 Å². The van der Waals surface area contributed by atoms with Crippen LogP contribution in [-0.4, -0.2) is 41.0 Å². The second-order valence-corrected chi connectivity index (χ2v) is 8.97. The quantitative estimate of drug-likeness (QED) is 0.436. The lowest BCUT2D eigenvalue weighted by atomic mass is 10.1. The fourth-order valence-corrected chi connectivity index (χ4v) is 5.06. The molecule has 0 aliphatic carbocycles. The van der Waals surface area contributed by atoms with Gasteiger partial charge in [0.2, 0.25) is 0 Å². The number of thiophene rings is 1. The maximum absolute atomic E-state index is 13.4. The second-order valence-electron chi connectivity index (χ2n) is 7.94. The van der Waals surface area contributed by atoms with Crippen molar-refractivity contribution in [2.24, 2.45) is 0 Å². The number of amides is 1. The molecule has 0 spiro atoms. The van der Waals surface area contributed by atoms with E-state index in [1.165, 1.54) is 11.3 Å². The highest BCUT2D eigenvalue weighted by Crippen LogP contribution is 2.32. The molecule has 5 rings (SSSR count). The average Bonchev–Trinajstić information content (AvgIpc) is 3.53. The molecule has 2 aromatic carbocycles. The molecular weight excluding hydrogens is 434 g/mol. The van der Waals surface area contributed by atoms with Gasteiger partial charge in [-0.2, -0.15) is 0 Å². The third-order valence-electron chi connectivity index (χ3n) is 5.74. The number of nitrogens with one attached hydrogen (secondary N) is 1. The van der Waals surface area contributed by atoms with Gasteiger partial charge >= 0.3 is 0 Å². The Kier molecular flexibility index (Phi) is 5.79. The van der Waals surface area contributed by atoms with Crippen LogP contribution in [0, 0.1) is 0 Å². The van der Waals surface area contributed by atoms with Crippen molar-refractivity contribution in [2.45, 2.75) is 12.8 Å². The van der Waals surface area contributed by atoms with Crippen LogP contribution < -0.4 is 10.3 Å². The van der Waals surface area contributed by atoms with Crippen LogP contribution in [0.25, 0.3) is 32.3 Å². The first-order valence-corrected chi connectivity index (χ1v) is 11.7. The van der Waals surface area contributed by atoms with Crippen molar-refractivity contribution >= 4 is 39.1 Å². The molecule has 33 heavy (non-hydrogen) atoms. The van der Waals surface area contributed by atoms with Gasteiger partial charge in [-0.05, 0) is 48.2 Å². The number of benzene rings is 2. The third kappa shape index (κ3) is 4.32. The smallest absolute Gasteiger partial charge is 0.259 e. The summed E-state index contributed by atoms with van der Waals surface area (Å²) in [5, 5.41) is 0.525. The standard InChI is InChI=1S/C26H23N3O3S/c1-32-19-11-7-8-17(14-19)15-20(26(31)29-12-5-6-13-29)23-27-24(30)21-16-22(33-25(21)28-23)18-9-3-2-4-10-18/h2-4,7-11,14-16H,5-6,12-13H2,1H3,(H,27,28,30)/b20-15+. The van der Waals surface area contributed by atoms with Crippen molar-refractivity contribution in [2.75, 3.05) is 20.2 Å². The summed E-state index contributed by atoms with van der Waals surface area (Å²) in [5.74, 6) is 0.853. The molecule has 1 saturated heterocycles. The van der Waals surface area contributed by atoms with Crippen molar-refractivity contribution in [3.63, 3.8) is 0 Å². The number of likely N-dealkylation sites (tertiary alicyclic amines) is 1. The fraction of sp³-hybridized carbons (Fsp3) is 0.192. The van der Waals surface area contributed by atoms with E-state index in [1.807, 2.05) is 65.6 Å². The molecule has 7 heteroatoms. The number of hydrogen-bond acceptors (Lipinski definition) is 5. The Labute approximate surface area is 195 Å². The zero-order valence-corrected chi connectivity index (χ0v) is 19.0. The summed E-state index contributed by atoms with van der Waals surface area (Å²) in [6, 6.07) is 19.2. The molecule has 0 saturated carbocycles. The van der Waals surface area contributed by atoms with Crippen LogP contribution in [0.5, 0.6) is 5.75 Å². The molecule has 4 aromatic rings. The SMILES string of the molecule is COc1cccc(/C=C(/C(=O)N2CCCC2)c2nc3sc(-c4ccccc4)cc3c(=O)[nH]2)c1. The first-order chi connectivity index (χ1) is 16.1. The molecule has 1 N–H and O–H groups in total. The van der Waals surface area contributed by atoms with Gasteiger partial charge < -0.3 is 14.6 Å². The van der Waals surface area contributed by atoms with Gasteiger partial charge in [-0.15, -0.1) is 11.3 Å². The monoisotopic (exact) mass is 457 g/mol. The van der Waals surface area contributed by atoms with E-state index in [1.54, 1.807) is 13.2 Å². The molecule has 6 nitrogen and oxygen atoms in total. The van der Waals surface area contributed by atoms with Crippen LogP contribution in [0.2, 0.25) is 0 Å². The first kappa shape index (κ1) is 21.2. The number of hydrogen-bond donors (Lipinski definition) is 1. The lowest BCUT2D eigenvalue weighted by molar-refractivity contribution is -0.123. The van der Waals surface area contributed by atoms with Gasteiger partial charge in [-0.1, -0.05) is 42.5 Å². The maximum atomic E-state index is 13.4. The molecule has 0 unspecified atom stereocenters. The summed E-state index contributed by atoms with van der Waals surface area (Å²) in [5.41, 5.74) is 1.95. The normalized spacial score (nSPS) is 14.1. The van der Waals surface area contributed by atoms with Gasteiger partial charge in [0.1, 0.15) is 16.4 Å². The zero-order valence-electron chi connectivity index (χ0n) is 18.2. The lowest BCUT2D eigenvalue weighted by Crippen LogP contribution is -2.29. The van der Waals surface area contributed by atoms with Crippen LogP contribution in [0.3, 0.4) is 0 Å². The molecule has 1 fully saturated rings. The minimum atomic E-state index is -0.251.